The zero-order valence-corrected chi connectivity index (χ0v) is 12.3. The van der Waals surface area contributed by atoms with Crippen LogP contribution in [-0.4, -0.2) is 26.3 Å². The van der Waals surface area contributed by atoms with Crippen LogP contribution in [0.4, 0.5) is 0 Å². The Hall–Kier alpha value is -1.75. The Morgan fingerprint density at radius 2 is 2.05 bits per heavy atom. The maximum atomic E-state index is 4.53. The predicted molar refractivity (Wildman–Crippen MR) is 78.0 cm³/mol. The van der Waals surface area contributed by atoms with Crippen LogP contribution in [0.1, 0.15) is 48.5 Å². The van der Waals surface area contributed by atoms with Gasteiger partial charge in [0.1, 0.15) is 0 Å². The second-order valence-corrected chi connectivity index (χ2v) is 5.41. The molecule has 106 valence electrons. The van der Waals surface area contributed by atoms with Crippen LogP contribution >= 0.6 is 0 Å². The molecular weight excluding hydrogens is 250 g/mol. The first-order valence-electron chi connectivity index (χ1n) is 7.32. The minimum Gasteiger partial charge on any atom is -0.310 e. The van der Waals surface area contributed by atoms with Gasteiger partial charge < -0.3 is 5.32 Å². The molecule has 0 aliphatic heterocycles. The highest BCUT2D eigenvalue weighted by atomic mass is 15.4. The molecular formula is C15H21N5. The summed E-state index contributed by atoms with van der Waals surface area (Å²) in [5.74, 6) is 0.695. The molecule has 1 aliphatic rings. The summed E-state index contributed by atoms with van der Waals surface area (Å²) in [6.07, 6.45) is 5.39. The Bertz CT molecular complexity index is 596. The van der Waals surface area contributed by atoms with Gasteiger partial charge in [0.15, 0.2) is 0 Å². The minimum atomic E-state index is 0.420. The van der Waals surface area contributed by atoms with Crippen molar-refractivity contribution in [3.63, 3.8) is 0 Å². The Kier molecular flexibility index (Phi) is 3.53. The highest BCUT2D eigenvalue weighted by Gasteiger charge is 2.24. The summed E-state index contributed by atoms with van der Waals surface area (Å²) < 4.78 is 1.92. The molecule has 5 heteroatoms. The molecule has 0 saturated carbocycles. The topological polar surface area (TPSA) is 55.6 Å². The fourth-order valence-corrected chi connectivity index (χ4v) is 2.99. The average molecular weight is 271 g/mol. The average Bonchev–Trinajstić information content (AvgIpc) is 2.83. The number of aromatic nitrogens is 4. The van der Waals surface area contributed by atoms with Crippen LogP contribution in [0.3, 0.4) is 0 Å². The quantitative estimate of drug-likeness (QED) is 0.930. The van der Waals surface area contributed by atoms with Crippen LogP contribution in [0.15, 0.2) is 12.3 Å². The van der Waals surface area contributed by atoms with Crippen LogP contribution in [-0.2, 0) is 6.42 Å². The van der Waals surface area contributed by atoms with E-state index in [0.29, 0.717) is 12.0 Å². The van der Waals surface area contributed by atoms with Crippen molar-refractivity contribution >= 4 is 0 Å². The first kappa shape index (κ1) is 13.2. The second kappa shape index (κ2) is 5.32. The largest absolute Gasteiger partial charge is 0.310 e. The van der Waals surface area contributed by atoms with Gasteiger partial charge in [0.2, 0.25) is 0 Å². The summed E-state index contributed by atoms with van der Waals surface area (Å²) in [6, 6.07) is 2.41. The number of hydrogen-bond acceptors (Lipinski definition) is 4. The van der Waals surface area contributed by atoms with Crippen molar-refractivity contribution in [3.8, 4) is 5.95 Å². The maximum Gasteiger partial charge on any atom is 0.251 e. The predicted octanol–water partition coefficient (Wildman–Crippen LogP) is 2.27. The van der Waals surface area contributed by atoms with E-state index in [2.05, 4.69) is 27.3 Å². The monoisotopic (exact) mass is 271 g/mol. The lowest BCUT2D eigenvalue weighted by molar-refractivity contribution is 0.466. The summed E-state index contributed by atoms with van der Waals surface area (Å²) in [4.78, 5) is 9.05. The Morgan fingerprint density at radius 3 is 2.75 bits per heavy atom. The van der Waals surface area contributed by atoms with Crippen LogP contribution in [0.25, 0.3) is 5.95 Å². The van der Waals surface area contributed by atoms with Gasteiger partial charge in [0.25, 0.3) is 5.95 Å². The van der Waals surface area contributed by atoms with E-state index in [1.54, 1.807) is 0 Å². The lowest BCUT2D eigenvalue weighted by Gasteiger charge is -2.23. The van der Waals surface area contributed by atoms with Crippen molar-refractivity contribution in [1.29, 1.82) is 0 Å². The Balaban J connectivity index is 2.03. The molecule has 0 aromatic carbocycles. The van der Waals surface area contributed by atoms with E-state index in [-0.39, 0.29) is 0 Å². The SMILES string of the molecule is CCNC1CCCc2c1cnn2-c1nc(C)cc(C)n1. The zero-order valence-electron chi connectivity index (χ0n) is 12.3. The molecule has 1 N–H and O–H groups in total. The molecule has 0 spiro atoms. The van der Waals surface area contributed by atoms with Crippen molar-refractivity contribution < 1.29 is 0 Å². The van der Waals surface area contributed by atoms with Gasteiger partial charge in [-0.3, -0.25) is 0 Å². The summed E-state index contributed by atoms with van der Waals surface area (Å²) in [5, 5.41) is 8.07. The van der Waals surface area contributed by atoms with E-state index in [1.165, 1.54) is 24.1 Å². The van der Waals surface area contributed by atoms with Gasteiger partial charge in [-0.15, -0.1) is 0 Å². The molecule has 0 amide bonds. The molecule has 0 saturated heterocycles. The number of aryl methyl sites for hydroxylation is 2. The van der Waals surface area contributed by atoms with Crippen molar-refractivity contribution in [2.24, 2.45) is 0 Å². The second-order valence-electron chi connectivity index (χ2n) is 5.41. The van der Waals surface area contributed by atoms with Crippen LogP contribution in [0, 0.1) is 13.8 Å². The molecule has 1 atom stereocenters. The van der Waals surface area contributed by atoms with E-state index in [1.807, 2.05) is 30.8 Å². The van der Waals surface area contributed by atoms with Crippen molar-refractivity contribution in [2.45, 2.75) is 46.1 Å². The Morgan fingerprint density at radius 1 is 1.30 bits per heavy atom. The number of rotatable bonds is 3. The molecule has 0 radical (unpaired) electrons. The third-order valence-electron chi connectivity index (χ3n) is 3.79. The molecule has 2 aromatic heterocycles. The molecule has 1 aliphatic carbocycles. The first-order valence-corrected chi connectivity index (χ1v) is 7.32. The highest BCUT2D eigenvalue weighted by Crippen LogP contribution is 2.30. The summed E-state index contributed by atoms with van der Waals surface area (Å²) in [7, 11) is 0. The molecule has 2 heterocycles. The summed E-state index contributed by atoms with van der Waals surface area (Å²) in [6.45, 7) is 7.12. The van der Waals surface area contributed by atoms with E-state index in [9.17, 15) is 0 Å². The smallest absolute Gasteiger partial charge is 0.251 e. The number of fused-ring (bicyclic) bond motifs is 1. The molecule has 1 unspecified atom stereocenters. The van der Waals surface area contributed by atoms with Gasteiger partial charge >= 0.3 is 0 Å². The molecule has 5 nitrogen and oxygen atoms in total. The van der Waals surface area contributed by atoms with E-state index in [4.69, 9.17) is 0 Å². The van der Waals surface area contributed by atoms with E-state index < -0.39 is 0 Å². The molecule has 0 bridgehead atoms. The zero-order chi connectivity index (χ0) is 14.1. The van der Waals surface area contributed by atoms with Crippen LogP contribution < -0.4 is 5.32 Å². The van der Waals surface area contributed by atoms with Gasteiger partial charge in [-0.05, 0) is 45.7 Å². The molecule has 20 heavy (non-hydrogen) atoms. The Labute approximate surface area is 119 Å². The van der Waals surface area contributed by atoms with Gasteiger partial charge in [0.05, 0.1) is 11.9 Å². The molecule has 3 rings (SSSR count). The standard InChI is InChI=1S/C15H21N5/c1-4-16-13-6-5-7-14-12(13)9-17-20(14)15-18-10(2)8-11(3)19-15/h8-9,13,16H,4-7H2,1-3H3. The number of nitrogens with zero attached hydrogens (tertiary/aromatic N) is 4. The van der Waals surface area contributed by atoms with Crippen molar-refractivity contribution in [2.75, 3.05) is 6.54 Å². The van der Waals surface area contributed by atoms with Gasteiger partial charge in [-0.1, -0.05) is 6.92 Å². The van der Waals surface area contributed by atoms with Gasteiger partial charge in [-0.2, -0.15) is 5.10 Å². The molecule has 2 aromatic rings. The lowest BCUT2D eigenvalue weighted by Crippen LogP contribution is -2.25. The third-order valence-corrected chi connectivity index (χ3v) is 3.79. The fraction of sp³-hybridized carbons (Fsp3) is 0.533. The van der Waals surface area contributed by atoms with E-state index >= 15 is 0 Å². The minimum absolute atomic E-state index is 0.420. The summed E-state index contributed by atoms with van der Waals surface area (Å²) in [5.41, 5.74) is 4.53. The lowest BCUT2D eigenvalue weighted by atomic mass is 9.93. The number of nitrogens with one attached hydrogen (secondary N) is 1. The fourth-order valence-electron chi connectivity index (χ4n) is 2.99. The van der Waals surface area contributed by atoms with Crippen molar-refractivity contribution in [3.05, 3.63) is 34.9 Å². The van der Waals surface area contributed by atoms with E-state index in [0.717, 1.165) is 24.4 Å². The van der Waals surface area contributed by atoms with Crippen LogP contribution in [0.5, 0.6) is 0 Å². The number of hydrogen-bond donors (Lipinski definition) is 1. The first-order chi connectivity index (χ1) is 9.69. The maximum absolute atomic E-state index is 4.53. The third kappa shape index (κ3) is 2.33. The molecule has 0 fully saturated rings. The normalized spacial score (nSPS) is 18.1. The van der Waals surface area contributed by atoms with Crippen LogP contribution in [0.2, 0.25) is 0 Å². The summed E-state index contributed by atoms with van der Waals surface area (Å²) >= 11 is 0. The van der Waals surface area contributed by atoms with Gasteiger partial charge in [0, 0.05) is 23.0 Å². The van der Waals surface area contributed by atoms with Crippen molar-refractivity contribution in [1.82, 2.24) is 25.1 Å². The highest BCUT2D eigenvalue weighted by molar-refractivity contribution is 5.30. The van der Waals surface area contributed by atoms with Gasteiger partial charge in [-0.25, -0.2) is 14.6 Å².